The van der Waals surface area contributed by atoms with Crippen LogP contribution in [0.4, 0.5) is 31.1 Å². The average Bonchev–Trinajstić information content (AvgIpc) is 2.34. The molecule has 136 valence electrons. The molecule has 1 fully saturated rings. The van der Waals surface area contributed by atoms with E-state index in [2.05, 4.69) is 4.74 Å². The lowest BCUT2D eigenvalue weighted by Crippen LogP contribution is -2.64. The van der Waals surface area contributed by atoms with E-state index in [1.807, 2.05) is 0 Å². The van der Waals surface area contributed by atoms with E-state index in [9.17, 15) is 44.1 Å². The normalized spacial score (nSPS) is 18.0. The maximum Gasteiger partial charge on any atom is 0.438 e. The van der Waals surface area contributed by atoms with Crippen molar-refractivity contribution >= 4 is 16.2 Å². The van der Waals surface area contributed by atoms with Crippen LogP contribution in [0.25, 0.3) is 0 Å². The van der Waals surface area contributed by atoms with Gasteiger partial charge >= 0.3 is 24.0 Å². The van der Waals surface area contributed by atoms with Crippen LogP contribution in [0.15, 0.2) is 0 Å². The summed E-state index contributed by atoms with van der Waals surface area (Å²) in [7, 11) is -6.03. The average molecular weight is 374 g/mol. The second-order valence-corrected chi connectivity index (χ2v) is 5.90. The number of hydrogen-bond donors (Lipinski definition) is 0. The zero-order valence-electron chi connectivity index (χ0n) is 11.1. The molecule has 0 atom stereocenters. The molecule has 0 radical (unpaired) electrons. The fraction of sp³-hybridized carbons (Fsp3) is 0.889. The van der Waals surface area contributed by atoms with Crippen molar-refractivity contribution < 1.29 is 53.6 Å². The number of halogens is 6. The topological polar surface area (TPSA) is 96.0 Å². The monoisotopic (exact) mass is 374 g/mol. The lowest BCUT2D eigenvalue weighted by molar-refractivity contribution is -0.358. The summed E-state index contributed by atoms with van der Waals surface area (Å²) in [4.78, 5) is 12.0. The second-order valence-electron chi connectivity index (χ2n) is 4.49. The third-order valence-electron chi connectivity index (χ3n) is 2.83. The molecule has 14 heteroatoms. The van der Waals surface area contributed by atoms with E-state index in [0.717, 1.165) is 0 Å². The summed E-state index contributed by atoms with van der Waals surface area (Å²) in [5.74, 6) is -3.01. The number of nitrogens with zero attached hydrogens (tertiary/aromatic N) is 1. The molecule has 1 aliphatic rings. The van der Waals surface area contributed by atoms with Gasteiger partial charge in [-0.2, -0.15) is 26.3 Å². The van der Waals surface area contributed by atoms with Crippen LogP contribution >= 0.6 is 0 Å². The Kier molecular flexibility index (Phi) is 5.43. The fourth-order valence-corrected chi connectivity index (χ4v) is 2.56. The van der Waals surface area contributed by atoms with Gasteiger partial charge in [0.1, 0.15) is 0 Å². The van der Waals surface area contributed by atoms with Crippen LogP contribution < -0.4 is 0 Å². The molecule has 0 unspecified atom stereocenters. The van der Waals surface area contributed by atoms with Gasteiger partial charge in [0.15, 0.2) is 0 Å². The molecule has 1 saturated heterocycles. The Morgan fingerprint density at radius 3 is 1.87 bits per heavy atom. The first-order chi connectivity index (χ1) is 10.2. The molecular formula is C9H10F6NO6S-. The zero-order valence-corrected chi connectivity index (χ0v) is 11.9. The number of carbonyl (C=O) groups is 1. The van der Waals surface area contributed by atoms with Gasteiger partial charge in [0.2, 0.25) is 0 Å². The Labute approximate surface area is 125 Å². The van der Waals surface area contributed by atoms with Crippen LogP contribution in [0, 0.1) is 0 Å². The van der Waals surface area contributed by atoms with E-state index in [0.29, 0.717) is 4.90 Å². The van der Waals surface area contributed by atoms with Crippen molar-refractivity contribution in [3.63, 3.8) is 0 Å². The number of ether oxygens (including phenoxy) is 2. The van der Waals surface area contributed by atoms with E-state index < -0.39 is 39.9 Å². The van der Waals surface area contributed by atoms with E-state index in [1.165, 1.54) is 0 Å². The van der Waals surface area contributed by atoms with Crippen molar-refractivity contribution in [3.05, 3.63) is 0 Å². The third-order valence-corrected chi connectivity index (χ3v) is 3.59. The predicted molar refractivity (Wildman–Crippen MR) is 58.3 cm³/mol. The molecule has 1 rings (SSSR count). The van der Waals surface area contributed by atoms with Gasteiger partial charge in [-0.05, 0) is 0 Å². The van der Waals surface area contributed by atoms with Gasteiger partial charge in [-0.25, -0.2) is 13.2 Å². The maximum atomic E-state index is 12.9. The molecule has 0 N–H and O–H groups in total. The minimum atomic E-state index is -6.37. The highest BCUT2D eigenvalue weighted by Gasteiger charge is 2.75. The SMILES string of the molecule is O=C(OC(CS(=O)(=O)[O-])(C(F)(F)F)C(F)(F)F)N1CCOCC1. The molecule has 0 aromatic carbocycles. The Balaban J connectivity index is 3.24. The lowest BCUT2D eigenvalue weighted by atomic mass is 10.1. The number of hydrogen-bond acceptors (Lipinski definition) is 6. The number of alkyl halides is 6. The van der Waals surface area contributed by atoms with Crippen LogP contribution in [-0.4, -0.2) is 74.0 Å². The molecule has 0 bridgehead atoms. The number of rotatable bonds is 3. The van der Waals surface area contributed by atoms with Crippen LogP contribution in [0.3, 0.4) is 0 Å². The summed E-state index contributed by atoms with van der Waals surface area (Å²) in [6.45, 7) is -1.01. The fourth-order valence-electron chi connectivity index (χ4n) is 1.68. The molecular weight excluding hydrogens is 364 g/mol. The summed E-state index contributed by atoms with van der Waals surface area (Å²) in [6.07, 6.45) is -14.8. The molecule has 1 amide bonds. The Hall–Kier alpha value is -1.28. The first kappa shape index (κ1) is 19.8. The minimum absolute atomic E-state index is 0.153. The smallest absolute Gasteiger partial charge is 0.438 e. The van der Waals surface area contributed by atoms with Crippen LogP contribution in [-0.2, 0) is 19.6 Å². The second kappa shape index (κ2) is 6.32. The largest absolute Gasteiger partial charge is 0.748 e. The van der Waals surface area contributed by atoms with Gasteiger partial charge in [0, 0.05) is 13.1 Å². The highest BCUT2D eigenvalue weighted by atomic mass is 32.2. The van der Waals surface area contributed by atoms with Gasteiger partial charge < -0.3 is 18.9 Å². The number of amides is 1. The highest BCUT2D eigenvalue weighted by molar-refractivity contribution is 7.85. The van der Waals surface area contributed by atoms with E-state index >= 15 is 0 Å². The van der Waals surface area contributed by atoms with Crippen molar-refractivity contribution in [1.82, 2.24) is 4.90 Å². The van der Waals surface area contributed by atoms with Crippen LogP contribution in [0.1, 0.15) is 0 Å². The predicted octanol–water partition coefficient (Wildman–Crippen LogP) is 0.864. The first-order valence-corrected chi connectivity index (χ1v) is 7.40. The van der Waals surface area contributed by atoms with Gasteiger partial charge in [0.05, 0.1) is 29.1 Å². The molecule has 0 aromatic heterocycles. The van der Waals surface area contributed by atoms with Gasteiger partial charge in [-0.1, -0.05) is 0 Å². The molecule has 1 heterocycles. The molecule has 23 heavy (non-hydrogen) atoms. The van der Waals surface area contributed by atoms with Gasteiger partial charge in [-0.15, -0.1) is 0 Å². The molecule has 0 aliphatic carbocycles. The molecule has 0 spiro atoms. The summed E-state index contributed by atoms with van der Waals surface area (Å²) < 4.78 is 117. The van der Waals surface area contributed by atoms with Crippen molar-refractivity contribution in [3.8, 4) is 0 Å². The maximum absolute atomic E-state index is 12.9. The molecule has 7 nitrogen and oxygen atoms in total. The summed E-state index contributed by atoms with van der Waals surface area (Å²) in [5, 5.41) is 0. The Morgan fingerprint density at radius 2 is 1.52 bits per heavy atom. The quantitative estimate of drug-likeness (QED) is 0.537. The van der Waals surface area contributed by atoms with Crippen LogP contribution in [0.5, 0.6) is 0 Å². The van der Waals surface area contributed by atoms with Crippen molar-refractivity contribution in [2.24, 2.45) is 0 Å². The standard InChI is InChI=1S/C9H11F6NO6S/c10-8(11,12)7(9(13,14)15,5-23(18,19)20)22-6(17)16-1-3-21-4-2-16/h1-5H2,(H,18,19,20)/p-1. The van der Waals surface area contributed by atoms with Crippen LogP contribution in [0.2, 0.25) is 0 Å². The Bertz CT molecular complexity index is 524. The van der Waals surface area contributed by atoms with Gasteiger partial charge in [0.25, 0.3) is 0 Å². The first-order valence-electron chi connectivity index (χ1n) is 5.82. The number of carbonyl (C=O) groups excluding carboxylic acids is 1. The molecule has 0 aromatic rings. The van der Waals surface area contributed by atoms with Crippen molar-refractivity contribution in [2.45, 2.75) is 18.0 Å². The minimum Gasteiger partial charge on any atom is -0.748 e. The third kappa shape index (κ3) is 4.60. The zero-order chi connectivity index (χ0) is 18.1. The van der Waals surface area contributed by atoms with E-state index in [4.69, 9.17) is 4.74 Å². The highest BCUT2D eigenvalue weighted by Crippen LogP contribution is 2.47. The molecule has 1 aliphatic heterocycles. The molecule has 0 saturated carbocycles. The number of morpholine rings is 1. The lowest BCUT2D eigenvalue weighted by Gasteiger charge is -2.38. The van der Waals surface area contributed by atoms with E-state index in [-0.39, 0.29) is 26.3 Å². The summed E-state index contributed by atoms with van der Waals surface area (Å²) in [5.41, 5.74) is -5.45. The summed E-state index contributed by atoms with van der Waals surface area (Å²) in [6, 6.07) is 0. The summed E-state index contributed by atoms with van der Waals surface area (Å²) >= 11 is 0. The van der Waals surface area contributed by atoms with Crippen molar-refractivity contribution in [1.29, 1.82) is 0 Å². The van der Waals surface area contributed by atoms with E-state index in [1.54, 1.807) is 0 Å². The van der Waals surface area contributed by atoms with Crippen molar-refractivity contribution in [2.75, 3.05) is 32.1 Å². The van der Waals surface area contributed by atoms with Gasteiger partial charge in [-0.3, -0.25) is 0 Å². The Morgan fingerprint density at radius 1 is 1.09 bits per heavy atom.